The van der Waals surface area contributed by atoms with E-state index in [9.17, 15) is 4.79 Å². The zero-order valence-corrected chi connectivity index (χ0v) is 9.58. The second-order valence-corrected chi connectivity index (χ2v) is 3.03. The SMILES string of the molecule is COCCOCCNCCCC(=O)OC. The Morgan fingerprint density at radius 3 is 2.60 bits per heavy atom. The maximum absolute atomic E-state index is 10.7. The molecule has 0 amide bonds. The molecule has 0 fully saturated rings. The Labute approximate surface area is 91.1 Å². The number of hydrogen-bond donors (Lipinski definition) is 1. The number of hydrogen-bond acceptors (Lipinski definition) is 5. The first-order valence-electron chi connectivity index (χ1n) is 5.15. The summed E-state index contributed by atoms with van der Waals surface area (Å²) in [5.74, 6) is -0.159. The Kier molecular flexibility index (Phi) is 10.9. The Morgan fingerprint density at radius 1 is 1.13 bits per heavy atom. The Balaban J connectivity index is 2.95. The fourth-order valence-corrected chi connectivity index (χ4v) is 0.973. The molecule has 90 valence electrons. The van der Waals surface area contributed by atoms with E-state index in [0.29, 0.717) is 26.2 Å². The van der Waals surface area contributed by atoms with E-state index in [1.165, 1.54) is 7.11 Å². The Bertz CT molecular complexity index is 152. The average Bonchev–Trinajstić information content (AvgIpc) is 2.26. The summed E-state index contributed by atoms with van der Waals surface area (Å²) in [4.78, 5) is 10.7. The zero-order valence-electron chi connectivity index (χ0n) is 9.58. The van der Waals surface area contributed by atoms with Gasteiger partial charge in [0, 0.05) is 20.1 Å². The quantitative estimate of drug-likeness (QED) is 0.420. The first-order valence-corrected chi connectivity index (χ1v) is 5.15. The molecule has 0 aliphatic rings. The van der Waals surface area contributed by atoms with Crippen molar-refractivity contribution < 1.29 is 19.0 Å². The van der Waals surface area contributed by atoms with Crippen molar-refractivity contribution in [3.05, 3.63) is 0 Å². The van der Waals surface area contributed by atoms with Gasteiger partial charge in [0.1, 0.15) is 0 Å². The number of nitrogens with one attached hydrogen (secondary N) is 1. The summed E-state index contributed by atoms with van der Waals surface area (Å²) in [7, 11) is 3.05. The number of carbonyl (C=O) groups is 1. The van der Waals surface area contributed by atoms with Crippen LogP contribution in [0.1, 0.15) is 12.8 Å². The van der Waals surface area contributed by atoms with Crippen molar-refractivity contribution in [1.82, 2.24) is 5.32 Å². The number of ether oxygens (including phenoxy) is 3. The lowest BCUT2D eigenvalue weighted by molar-refractivity contribution is -0.140. The third-order valence-electron chi connectivity index (χ3n) is 1.82. The van der Waals surface area contributed by atoms with Gasteiger partial charge in [-0.05, 0) is 13.0 Å². The minimum absolute atomic E-state index is 0.159. The number of rotatable bonds is 10. The van der Waals surface area contributed by atoms with Crippen LogP contribution in [-0.4, -0.2) is 53.1 Å². The minimum atomic E-state index is -0.159. The van der Waals surface area contributed by atoms with Crippen molar-refractivity contribution in [3.63, 3.8) is 0 Å². The van der Waals surface area contributed by atoms with E-state index >= 15 is 0 Å². The summed E-state index contributed by atoms with van der Waals surface area (Å²) in [6.07, 6.45) is 1.26. The number of carbonyl (C=O) groups excluding carboxylic acids is 1. The minimum Gasteiger partial charge on any atom is -0.469 e. The molecule has 5 heteroatoms. The van der Waals surface area contributed by atoms with Crippen LogP contribution in [0.4, 0.5) is 0 Å². The molecule has 0 aliphatic heterocycles. The molecule has 0 radical (unpaired) electrons. The van der Waals surface area contributed by atoms with Crippen LogP contribution in [0.3, 0.4) is 0 Å². The van der Waals surface area contributed by atoms with Crippen LogP contribution in [0, 0.1) is 0 Å². The van der Waals surface area contributed by atoms with Gasteiger partial charge in [-0.2, -0.15) is 0 Å². The lowest BCUT2D eigenvalue weighted by Gasteiger charge is -2.05. The maximum Gasteiger partial charge on any atom is 0.305 e. The second-order valence-electron chi connectivity index (χ2n) is 3.03. The first kappa shape index (κ1) is 14.3. The molecular formula is C10H21NO4. The second kappa shape index (κ2) is 11.4. The van der Waals surface area contributed by atoms with Gasteiger partial charge in [-0.3, -0.25) is 4.79 Å². The molecule has 0 aromatic carbocycles. The van der Waals surface area contributed by atoms with Crippen LogP contribution >= 0.6 is 0 Å². The van der Waals surface area contributed by atoms with Gasteiger partial charge in [0.2, 0.25) is 0 Å². The molecular weight excluding hydrogens is 198 g/mol. The Hall–Kier alpha value is -0.650. The molecule has 1 N–H and O–H groups in total. The summed E-state index contributed by atoms with van der Waals surface area (Å²) < 4.78 is 14.6. The van der Waals surface area contributed by atoms with Crippen LogP contribution in [0.5, 0.6) is 0 Å². The highest BCUT2D eigenvalue weighted by Crippen LogP contribution is 1.89. The normalized spacial score (nSPS) is 10.3. The molecule has 0 saturated carbocycles. The molecule has 0 atom stereocenters. The standard InChI is InChI=1S/C10H21NO4/c1-13-8-9-15-7-6-11-5-3-4-10(12)14-2/h11H,3-9H2,1-2H3. The molecule has 0 saturated heterocycles. The predicted octanol–water partition coefficient (Wildman–Crippen LogP) is 0.192. The van der Waals surface area contributed by atoms with Gasteiger partial charge < -0.3 is 19.5 Å². The fraction of sp³-hybridized carbons (Fsp3) is 0.900. The van der Waals surface area contributed by atoms with E-state index in [2.05, 4.69) is 10.1 Å². The molecule has 0 spiro atoms. The molecule has 0 aromatic heterocycles. The summed E-state index contributed by atoms with van der Waals surface area (Å²) in [5.41, 5.74) is 0. The smallest absolute Gasteiger partial charge is 0.305 e. The van der Waals surface area contributed by atoms with Crippen molar-refractivity contribution in [3.8, 4) is 0 Å². The molecule has 0 bridgehead atoms. The molecule has 15 heavy (non-hydrogen) atoms. The van der Waals surface area contributed by atoms with Crippen molar-refractivity contribution in [2.24, 2.45) is 0 Å². The van der Waals surface area contributed by atoms with E-state index < -0.39 is 0 Å². The van der Waals surface area contributed by atoms with E-state index in [-0.39, 0.29) is 5.97 Å². The van der Waals surface area contributed by atoms with Crippen LogP contribution in [0.2, 0.25) is 0 Å². The predicted molar refractivity (Wildman–Crippen MR) is 56.8 cm³/mol. The molecule has 0 heterocycles. The number of methoxy groups -OCH3 is 2. The van der Waals surface area contributed by atoms with Crippen LogP contribution in [0.25, 0.3) is 0 Å². The van der Waals surface area contributed by atoms with Gasteiger partial charge in [-0.15, -0.1) is 0 Å². The van der Waals surface area contributed by atoms with Gasteiger partial charge in [-0.1, -0.05) is 0 Å². The van der Waals surface area contributed by atoms with Gasteiger partial charge in [0.15, 0.2) is 0 Å². The molecule has 0 aromatic rings. The largest absolute Gasteiger partial charge is 0.469 e. The first-order chi connectivity index (χ1) is 7.31. The average molecular weight is 219 g/mol. The van der Waals surface area contributed by atoms with Crippen molar-refractivity contribution in [1.29, 1.82) is 0 Å². The molecule has 0 rings (SSSR count). The van der Waals surface area contributed by atoms with Gasteiger partial charge in [0.25, 0.3) is 0 Å². The monoisotopic (exact) mass is 219 g/mol. The highest BCUT2D eigenvalue weighted by Gasteiger charge is 1.98. The fourth-order valence-electron chi connectivity index (χ4n) is 0.973. The molecule has 5 nitrogen and oxygen atoms in total. The van der Waals surface area contributed by atoms with E-state index in [0.717, 1.165) is 19.5 Å². The van der Waals surface area contributed by atoms with Crippen LogP contribution in [0.15, 0.2) is 0 Å². The van der Waals surface area contributed by atoms with Crippen molar-refractivity contribution >= 4 is 5.97 Å². The highest BCUT2D eigenvalue weighted by atomic mass is 16.5. The van der Waals surface area contributed by atoms with Gasteiger partial charge in [0.05, 0.1) is 26.9 Å². The lowest BCUT2D eigenvalue weighted by Crippen LogP contribution is -2.22. The third-order valence-corrected chi connectivity index (χ3v) is 1.82. The zero-order chi connectivity index (χ0) is 11.4. The van der Waals surface area contributed by atoms with E-state index in [1.807, 2.05) is 0 Å². The summed E-state index contributed by atoms with van der Waals surface area (Å²) in [6.45, 7) is 3.53. The van der Waals surface area contributed by atoms with Crippen LogP contribution in [-0.2, 0) is 19.0 Å². The summed E-state index contributed by atoms with van der Waals surface area (Å²) in [6, 6.07) is 0. The van der Waals surface area contributed by atoms with E-state index in [1.54, 1.807) is 7.11 Å². The summed E-state index contributed by atoms with van der Waals surface area (Å²) >= 11 is 0. The summed E-state index contributed by atoms with van der Waals surface area (Å²) in [5, 5.41) is 3.17. The van der Waals surface area contributed by atoms with Crippen molar-refractivity contribution in [2.45, 2.75) is 12.8 Å². The van der Waals surface area contributed by atoms with Gasteiger partial charge >= 0.3 is 5.97 Å². The van der Waals surface area contributed by atoms with Crippen LogP contribution < -0.4 is 5.32 Å². The van der Waals surface area contributed by atoms with Gasteiger partial charge in [-0.25, -0.2) is 0 Å². The lowest BCUT2D eigenvalue weighted by atomic mass is 10.3. The maximum atomic E-state index is 10.7. The van der Waals surface area contributed by atoms with E-state index in [4.69, 9.17) is 9.47 Å². The number of esters is 1. The highest BCUT2D eigenvalue weighted by molar-refractivity contribution is 5.68. The third kappa shape index (κ3) is 11.3. The molecule has 0 unspecified atom stereocenters. The van der Waals surface area contributed by atoms with Crippen molar-refractivity contribution in [2.75, 3.05) is 47.1 Å². The molecule has 0 aliphatic carbocycles. The topological polar surface area (TPSA) is 56.8 Å². The Morgan fingerprint density at radius 2 is 1.93 bits per heavy atom.